The lowest BCUT2D eigenvalue weighted by atomic mass is 10.2. The SMILES string of the molecule is C[C@@H](NC(=O)NC/C=C/c1ccccc1)c1ccccn1. The van der Waals surface area contributed by atoms with E-state index in [0.29, 0.717) is 6.54 Å². The Morgan fingerprint density at radius 2 is 1.95 bits per heavy atom. The quantitative estimate of drug-likeness (QED) is 0.884. The molecule has 2 N–H and O–H groups in total. The molecule has 0 saturated heterocycles. The predicted octanol–water partition coefficient (Wildman–Crippen LogP) is 3.16. The lowest BCUT2D eigenvalue weighted by molar-refractivity contribution is 0.238. The number of hydrogen-bond acceptors (Lipinski definition) is 2. The van der Waals surface area contributed by atoms with Gasteiger partial charge in [-0.15, -0.1) is 0 Å². The smallest absolute Gasteiger partial charge is 0.315 e. The van der Waals surface area contributed by atoms with Crippen molar-refractivity contribution in [1.29, 1.82) is 0 Å². The van der Waals surface area contributed by atoms with Gasteiger partial charge in [0.1, 0.15) is 0 Å². The van der Waals surface area contributed by atoms with Gasteiger partial charge in [-0.1, -0.05) is 48.6 Å². The van der Waals surface area contributed by atoms with E-state index in [9.17, 15) is 4.79 Å². The van der Waals surface area contributed by atoms with E-state index < -0.39 is 0 Å². The van der Waals surface area contributed by atoms with Crippen LogP contribution in [-0.2, 0) is 0 Å². The van der Waals surface area contributed by atoms with Crippen molar-refractivity contribution < 1.29 is 4.79 Å². The first-order valence-corrected chi connectivity index (χ1v) is 6.92. The van der Waals surface area contributed by atoms with Crippen LogP contribution in [0.5, 0.6) is 0 Å². The van der Waals surface area contributed by atoms with Gasteiger partial charge in [0, 0.05) is 12.7 Å². The Morgan fingerprint density at radius 1 is 1.19 bits per heavy atom. The van der Waals surface area contributed by atoms with E-state index in [0.717, 1.165) is 11.3 Å². The molecule has 2 amide bonds. The summed E-state index contributed by atoms with van der Waals surface area (Å²) in [7, 11) is 0. The van der Waals surface area contributed by atoms with Crippen molar-refractivity contribution in [3.05, 3.63) is 72.1 Å². The van der Waals surface area contributed by atoms with E-state index in [4.69, 9.17) is 0 Å². The topological polar surface area (TPSA) is 54.0 Å². The summed E-state index contributed by atoms with van der Waals surface area (Å²) < 4.78 is 0. The van der Waals surface area contributed by atoms with E-state index in [1.807, 2.05) is 67.6 Å². The van der Waals surface area contributed by atoms with Gasteiger partial charge in [0.25, 0.3) is 0 Å². The van der Waals surface area contributed by atoms with Crippen molar-refractivity contribution in [2.75, 3.05) is 6.54 Å². The van der Waals surface area contributed by atoms with Gasteiger partial charge < -0.3 is 10.6 Å². The van der Waals surface area contributed by atoms with Gasteiger partial charge in [-0.05, 0) is 24.6 Å². The largest absolute Gasteiger partial charge is 0.335 e. The summed E-state index contributed by atoms with van der Waals surface area (Å²) in [5.74, 6) is 0. The number of nitrogens with one attached hydrogen (secondary N) is 2. The number of rotatable bonds is 5. The summed E-state index contributed by atoms with van der Waals surface area (Å²) in [5, 5.41) is 5.64. The minimum absolute atomic E-state index is 0.121. The second-order valence-electron chi connectivity index (χ2n) is 4.64. The molecule has 0 aliphatic carbocycles. The maximum absolute atomic E-state index is 11.8. The summed E-state index contributed by atoms with van der Waals surface area (Å²) in [5.41, 5.74) is 1.95. The number of nitrogens with zero attached hydrogens (tertiary/aromatic N) is 1. The third-order valence-electron chi connectivity index (χ3n) is 2.97. The Hall–Kier alpha value is -2.62. The van der Waals surface area contributed by atoms with Gasteiger partial charge in [0.05, 0.1) is 11.7 Å². The number of carbonyl (C=O) groups excluding carboxylic acids is 1. The molecule has 1 atom stereocenters. The number of amides is 2. The summed E-state index contributed by atoms with van der Waals surface area (Å²) in [6.07, 6.45) is 5.61. The first-order valence-electron chi connectivity index (χ1n) is 6.92. The highest BCUT2D eigenvalue weighted by atomic mass is 16.2. The van der Waals surface area contributed by atoms with Crippen molar-refractivity contribution in [2.24, 2.45) is 0 Å². The standard InChI is InChI=1S/C17H19N3O/c1-14(16-11-5-6-12-18-16)20-17(21)19-13-7-10-15-8-3-2-4-9-15/h2-12,14H,13H2,1H3,(H2,19,20,21)/b10-7+/t14-/m1/s1. The molecule has 4 heteroatoms. The molecule has 108 valence electrons. The van der Waals surface area contributed by atoms with Crippen molar-refractivity contribution in [1.82, 2.24) is 15.6 Å². The number of aromatic nitrogens is 1. The van der Waals surface area contributed by atoms with E-state index in [2.05, 4.69) is 15.6 Å². The van der Waals surface area contributed by atoms with E-state index >= 15 is 0 Å². The number of urea groups is 1. The number of benzene rings is 1. The van der Waals surface area contributed by atoms with Gasteiger partial charge in [0.2, 0.25) is 0 Å². The molecule has 0 aliphatic heterocycles. The second-order valence-corrected chi connectivity index (χ2v) is 4.64. The van der Waals surface area contributed by atoms with Gasteiger partial charge in [-0.3, -0.25) is 4.98 Å². The Bertz CT molecular complexity index is 581. The van der Waals surface area contributed by atoms with Crippen LogP contribution in [0.25, 0.3) is 6.08 Å². The van der Waals surface area contributed by atoms with Crippen LogP contribution in [0.4, 0.5) is 4.79 Å². The zero-order chi connectivity index (χ0) is 14.9. The molecular formula is C17H19N3O. The summed E-state index contributed by atoms with van der Waals surface area (Å²) in [6.45, 7) is 2.39. The molecule has 0 bridgehead atoms. The van der Waals surface area contributed by atoms with Crippen LogP contribution in [0.15, 0.2) is 60.8 Å². The summed E-state index contributed by atoms with van der Waals surface area (Å²) >= 11 is 0. The molecule has 2 aromatic rings. The molecule has 1 heterocycles. The average Bonchev–Trinajstić information content (AvgIpc) is 2.53. The number of hydrogen-bond donors (Lipinski definition) is 2. The maximum atomic E-state index is 11.8. The first kappa shape index (κ1) is 14.8. The van der Waals surface area contributed by atoms with Crippen LogP contribution in [0.3, 0.4) is 0 Å². The Kier molecular flexibility index (Phi) is 5.52. The number of pyridine rings is 1. The minimum atomic E-state index is -0.203. The van der Waals surface area contributed by atoms with Crippen LogP contribution >= 0.6 is 0 Å². The average molecular weight is 281 g/mol. The van der Waals surface area contributed by atoms with Crippen LogP contribution in [-0.4, -0.2) is 17.6 Å². The van der Waals surface area contributed by atoms with Gasteiger partial charge in [0.15, 0.2) is 0 Å². The highest BCUT2D eigenvalue weighted by Crippen LogP contribution is 2.07. The summed E-state index contributed by atoms with van der Waals surface area (Å²) in [4.78, 5) is 16.0. The highest BCUT2D eigenvalue weighted by Gasteiger charge is 2.08. The van der Waals surface area contributed by atoms with Crippen LogP contribution in [0, 0.1) is 0 Å². The van der Waals surface area contributed by atoms with E-state index in [-0.39, 0.29) is 12.1 Å². The van der Waals surface area contributed by atoms with E-state index in [1.165, 1.54) is 0 Å². The Balaban J connectivity index is 1.74. The molecule has 1 aromatic carbocycles. The number of carbonyl (C=O) groups is 1. The molecule has 1 aromatic heterocycles. The Morgan fingerprint density at radius 3 is 2.67 bits per heavy atom. The molecule has 0 unspecified atom stereocenters. The molecule has 2 rings (SSSR count). The van der Waals surface area contributed by atoms with Gasteiger partial charge in [-0.25, -0.2) is 4.79 Å². The van der Waals surface area contributed by atoms with Gasteiger partial charge >= 0.3 is 6.03 Å². The monoisotopic (exact) mass is 281 g/mol. The van der Waals surface area contributed by atoms with Crippen molar-refractivity contribution in [2.45, 2.75) is 13.0 Å². The fourth-order valence-corrected chi connectivity index (χ4v) is 1.86. The maximum Gasteiger partial charge on any atom is 0.315 e. The zero-order valence-corrected chi connectivity index (χ0v) is 12.0. The molecular weight excluding hydrogens is 262 g/mol. The van der Waals surface area contributed by atoms with Gasteiger partial charge in [-0.2, -0.15) is 0 Å². The first-order chi connectivity index (χ1) is 10.3. The molecule has 0 fully saturated rings. The predicted molar refractivity (Wildman–Crippen MR) is 84.7 cm³/mol. The fraction of sp³-hybridized carbons (Fsp3) is 0.176. The van der Waals surface area contributed by atoms with Crippen molar-refractivity contribution in [3.63, 3.8) is 0 Å². The molecule has 0 aliphatic rings. The van der Waals surface area contributed by atoms with E-state index in [1.54, 1.807) is 6.20 Å². The van der Waals surface area contributed by atoms with Crippen molar-refractivity contribution in [3.8, 4) is 0 Å². The fourth-order valence-electron chi connectivity index (χ4n) is 1.86. The molecule has 0 saturated carbocycles. The molecule has 4 nitrogen and oxygen atoms in total. The third kappa shape index (κ3) is 5.10. The zero-order valence-electron chi connectivity index (χ0n) is 12.0. The molecule has 21 heavy (non-hydrogen) atoms. The van der Waals surface area contributed by atoms with Crippen LogP contribution in [0.1, 0.15) is 24.2 Å². The second kappa shape index (κ2) is 7.85. The molecule has 0 radical (unpaired) electrons. The van der Waals surface area contributed by atoms with Crippen molar-refractivity contribution >= 4 is 12.1 Å². The Labute approximate surface area is 124 Å². The minimum Gasteiger partial charge on any atom is -0.335 e. The lowest BCUT2D eigenvalue weighted by Gasteiger charge is -2.13. The normalized spacial score (nSPS) is 12.0. The van der Waals surface area contributed by atoms with Crippen LogP contribution < -0.4 is 10.6 Å². The third-order valence-corrected chi connectivity index (χ3v) is 2.97. The molecule has 0 spiro atoms. The van der Waals surface area contributed by atoms with Crippen LogP contribution in [0.2, 0.25) is 0 Å². The highest BCUT2D eigenvalue weighted by molar-refractivity contribution is 5.74. The lowest BCUT2D eigenvalue weighted by Crippen LogP contribution is -2.37. The summed E-state index contributed by atoms with van der Waals surface area (Å²) in [6, 6.07) is 15.3.